The lowest BCUT2D eigenvalue weighted by molar-refractivity contribution is 0.0696. The van der Waals surface area contributed by atoms with E-state index in [1.165, 1.54) is 30.0 Å². The molecule has 1 aromatic carbocycles. The van der Waals surface area contributed by atoms with Crippen molar-refractivity contribution >= 4 is 27.8 Å². The Hall–Kier alpha value is -1.05. The van der Waals surface area contributed by atoms with Crippen molar-refractivity contribution in [3.05, 3.63) is 29.3 Å². The van der Waals surface area contributed by atoms with E-state index in [9.17, 15) is 13.2 Å². The highest BCUT2D eigenvalue weighted by Crippen LogP contribution is 2.15. The van der Waals surface area contributed by atoms with Gasteiger partial charge in [0.15, 0.2) is 0 Å². The summed E-state index contributed by atoms with van der Waals surface area (Å²) in [7, 11) is -3.63. The van der Waals surface area contributed by atoms with Crippen molar-refractivity contribution in [3.8, 4) is 0 Å². The van der Waals surface area contributed by atoms with E-state index in [1.54, 1.807) is 6.92 Å². The van der Waals surface area contributed by atoms with Gasteiger partial charge < -0.3 is 5.11 Å². The second kappa shape index (κ2) is 6.21. The number of rotatable bonds is 6. The maximum atomic E-state index is 11.9. The average Bonchev–Trinajstić information content (AvgIpc) is 2.29. The number of nitrogens with one attached hydrogen (secondary N) is 1. The van der Waals surface area contributed by atoms with Gasteiger partial charge in [0.2, 0.25) is 10.0 Å². The molecule has 0 spiro atoms. The molecule has 0 heterocycles. The number of benzene rings is 1. The van der Waals surface area contributed by atoms with Gasteiger partial charge >= 0.3 is 5.97 Å². The maximum absolute atomic E-state index is 11.9. The number of carboxylic acid groups (broad SMARTS) is 1. The molecule has 5 nitrogen and oxygen atoms in total. The van der Waals surface area contributed by atoms with E-state index >= 15 is 0 Å². The number of hydrogen-bond acceptors (Lipinski definition) is 4. The molecule has 18 heavy (non-hydrogen) atoms. The largest absolute Gasteiger partial charge is 0.478 e. The van der Waals surface area contributed by atoms with E-state index in [0.717, 1.165) is 0 Å². The minimum atomic E-state index is -3.63. The molecule has 0 aliphatic carbocycles. The Morgan fingerprint density at radius 3 is 2.67 bits per heavy atom. The molecular weight excluding hydrogens is 274 g/mol. The van der Waals surface area contributed by atoms with Crippen LogP contribution in [0.2, 0.25) is 0 Å². The van der Waals surface area contributed by atoms with Crippen LogP contribution in [0, 0.1) is 6.92 Å². The van der Waals surface area contributed by atoms with Crippen LogP contribution in [-0.2, 0) is 10.0 Å². The van der Waals surface area contributed by atoms with Gasteiger partial charge in [-0.05, 0) is 30.9 Å². The van der Waals surface area contributed by atoms with Gasteiger partial charge in [0, 0.05) is 12.3 Å². The fourth-order valence-corrected chi connectivity index (χ4v) is 2.85. The van der Waals surface area contributed by atoms with Crippen LogP contribution in [0.4, 0.5) is 0 Å². The summed E-state index contributed by atoms with van der Waals surface area (Å²) in [6, 6.07) is 4.08. The molecule has 100 valence electrons. The van der Waals surface area contributed by atoms with Crippen molar-refractivity contribution in [2.75, 3.05) is 18.6 Å². The Morgan fingerprint density at radius 2 is 2.11 bits per heavy atom. The van der Waals surface area contributed by atoms with Crippen LogP contribution in [0.25, 0.3) is 0 Å². The topological polar surface area (TPSA) is 83.5 Å². The number of thioether (sulfide) groups is 1. The van der Waals surface area contributed by atoms with Crippen LogP contribution in [0.3, 0.4) is 0 Å². The third-order valence-electron chi connectivity index (χ3n) is 2.35. The van der Waals surface area contributed by atoms with Crippen LogP contribution in [-0.4, -0.2) is 38.0 Å². The number of carboxylic acids is 1. The zero-order valence-corrected chi connectivity index (χ0v) is 11.8. The first-order valence-corrected chi connectivity index (χ1v) is 8.08. The summed E-state index contributed by atoms with van der Waals surface area (Å²) in [5.74, 6) is -0.467. The van der Waals surface area contributed by atoms with E-state index < -0.39 is 16.0 Å². The number of carbonyl (C=O) groups is 1. The third-order valence-corrected chi connectivity index (χ3v) is 4.42. The third kappa shape index (κ3) is 3.72. The molecule has 0 atom stereocenters. The molecule has 0 aromatic heterocycles. The van der Waals surface area contributed by atoms with Gasteiger partial charge in [0.25, 0.3) is 0 Å². The number of sulfonamides is 1. The molecule has 1 rings (SSSR count). The lowest BCUT2D eigenvalue weighted by Crippen LogP contribution is -2.26. The molecule has 0 aliphatic heterocycles. The molecule has 1 aromatic rings. The average molecular weight is 289 g/mol. The van der Waals surface area contributed by atoms with E-state index in [-0.39, 0.29) is 10.5 Å². The van der Waals surface area contributed by atoms with Crippen LogP contribution < -0.4 is 4.72 Å². The second-order valence-corrected chi connectivity index (χ2v) is 6.43. The van der Waals surface area contributed by atoms with Gasteiger partial charge in [0.05, 0.1) is 10.5 Å². The van der Waals surface area contributed by atoms with Crippen molar-refractivity contribution < 1.29 is 18.3 Å². The standard InChI is InChI=1S/C11H15NO4S2/c1-8-3-4-9(7-10(8)11(13)14)18(15,16)12-5-6-17-2/h3-4,7,12H,5-6H2,1-2H3,(H,13,14). The summed E-state index contributed by atoms with van der Waals surface area (Å²) in [5.41, 5.74) is 0.535. The number of hydrogen-bond donors (Lipinski definition) is 2. The number of aryl methyl sites for hydroxylation is 1. The highest BCUT2D eigenvalue weighted by atomic mass is 32.2. The van der Waals surface area contributed by atoms with Crippen LogP contribution in [0.15, 0.2) is 23.1 Å². The summed E-state index contributed by atoms with van der Waals surface area (Å²) in [6.07, 6.45) is 1.88. The maximum Gasteiger partial charge on any atom is 0.335 e. The minimum absolute atomic E-state index is 0.00254. The highest BCUT2D eigenvalue weighted by molar-refractivity contribution is 7.98. The Bertz CT molecular complexity index is 540. The Kier molecular flexibility index (Phi) is 5.18. The summed E-state index contributed by atoms with van der Waals surface area (Å²) < 4.78 is 26.2. The van der Waals surface area contributed by atoms with Gasteiger partial charge in [-0.2, -0.15) is 11.8 Å². The molecule has 0 bridgehead atoms. The van der Waals surface area contributed by atoms with E-state index in [2.05, 4.69) is 4.72 Å². The Balaban J connectivity index is 3.02. The predicted molar refractivity (Wildman–Crippen MR) is 71.7 cm³/mol. The van der Waals surface area contributed by atoms with Crippen molar-refractivity contribution in [3.63, 3.8) is 0 Å². The molecule has 0 unspecified atom stereocenters. The first kappa shape index (κ1) is 15.0. The monoisotopic (exact) mass is 289 g/mol. The number of aromatic carboxylic acids is 1. The summed E-state index contributed by atoms with van der Waals surface area (Å²) in [5, 5.41) is 8.95. The van der Waals surface area contributed by atoms with Gasteiger partial charge in [-0.1, -0.05) is 6.07 Å². The SMILES string of the molecule is CSCCNS(=O)(=O)c1ccc(C)c(C(=O)O)c1. The van der Waals surface area contributed by atoms with Crippen LogP contribution >= 0.6 is 11.8 Å². The lowest BCUT2D eigenvalue weighted by atomic mass is 10.1. The summed E-state index contributed by atoms with van der Waals surface area (Å²) >= 11 is 1.53. The fraction of sp³-hybridized carbons (Fsp3) is 0.364. The molecule has 2 N–H and O–H groups in total. The van der Waals surface area contributed by atoms with Gasteiger partial charge in [-0.3, -0.25) is 0 Å². The second-order valence-electron chi connectivity index (χ2n) is 3.67. The van der Waals surface area contributed by atoms with Crippen molar-refractivity contribution in [2.24, 2.45) is 0 Å². The predicted octanol–water partition coefficient (Wildman–Crippen LogP) is 1.33. The molecule has 0 amide bonds. The van der Waals surface area contributed by atoms with Crippen molar-refractivity contribution in [1.29, 1.82) is 0 Å². The van der Waals surface area contributed by atoms with E-state index in [0.29, 0.717) is 17.9 Å². The van der Waals surface area contributed by atoms with Crippen molar-refractivity contribution in [2.45, 2.75) is 11.8 Å². The van der Waals surface area contributed by atoms with E-state index in [4.69, 9.17) is 5.11 Å². The quantitative estimate of drug-likeness (QED) is 0.772. The molecule has 0 saturated carbocycles. The summed E-state index contributed by atoms with van der Waals surface area (Å²) in [4.78, 5) is 10.9. The van der Waals surface area contributed by atoms with Crippen LogP contribution in [0.5, 0.6) is 0 Å². The molecular formula is C11H15NO4S2. The fourth-order valence-electron chi connectivity index (χ4n) is 1.36. The van der Waals surface area contributed by atoms with Crippen molar-refractivity contribution in [1.82, 2.24) is 4.72 Å². The molecule has 0 radical (unpaired) electrons. The summed E-state index contributed by atoms with van der Waals surface area (Å²) in [6.45, 7) is 1.95. The first-order chi connectivity index (χ1) is 8.38. The Labute approximate surface area is 111 Å². The highest BCUT2D eigenvalue weighted by Gasteiger charge is 2.16. The molecule has 0 saturated heterocycles. The zero-order chi connectivity index (χ0) is 13.8. The first-order valence-electron chi connectivity index (χ1n) is 5.21. The molecule has 0 aliphatic rings. The van der Waals surface area contributed by atoms with E-state index in [1.807, 2.05) is 6.26 Å². The lowest BCUT2D eigenvalue weighted by Gasteiger charge is -2.08. The van der Waals surface area contributed by atoms with Gasteiger partial charge in [-0.15, -0.1) is 0 Å². The van der Waals surface area contributed by atoms with Gasteiger partial charge in [-0.25, -0.2) is 17.9 Å². The minimum Gasteiger partial charge on any atom is -0.478 e. The zero-order valence-electron chi connectivity index (χ0n) is 10.1. The normalized spacial score (nSPS) is 11.4. The Morgan fingerprint density at radius 1 is 1.44 bits per heavy atom. The van der Waals surface area contributed by atoms with Gasteiger partial charge in [0.1, 0.15) is 0 Å². The molecule has 7 heteroatoms. The smallest absolute Gasteiger partial charge is 0.335 e. The molecule has 0 fully saturated rings. The van der Waals surface area contributed by atoms with Crippen LogP contribution in [0.1, 0.15) is 15.9 Å².